The average Bonchev–Trinajstić information content (AvgIpc) is 2.81. The summed E-state index contributed by atoms with van der Waals surface area (Å²) in [7, 11) is 1.76. The molecule has 0 fully saturated rings. The molecule has 0 bridgehead atoms. The second kappa shape index (κ2) is 9.88. The lowest BCUT2D eigenvalue weighted by molar-refractivity contribution is 0.262. The molecule has 0 radical (unpaired) electrons. The van der Waals surface area contributed by atoms with Crippen molar-refractivity contribution in [1.29, 1.82) is 0 Å². The number of anilines is 3. The smallest absolute Gasteiger partial charge is 0.323 e. The summed E-state index contributed by atoms with van der Waals surface area (Å²) in [6.45, 7) is 0. The van der Waals surface area contributed by atoms with Gasteiger partial charge in [-0.2, -0.15) is 0 Å². The molecule has 8 nitrogen and oxygen atoms in total. The largest absolute Gasteiger partial charge is 0.438 e. The molecule has 2 aromatic carbocycles. The topological polar surface area (TPSA) is 101 Å². The maximum atomic E-state index is 12.2. The molecule has 32 heavy (non-hydrogen) atoms. The summed E-state index contributed by atoms with van der Waals surface area (Å²) in [5, 5.41) is 8.49. The molecule has 0 aliphatic heterocycles. The van der Waals surface area contributed by atoms with Crippen molar-refractivity contribution in [2.45, 2.75) is 0 Å². The van der Waals surface area contributed by atoms with E-state index in [1.54, 1.807) is 49.8 Å². The minimum Gasteiger partial charge on any atom is -0.438 e. The highest BCUT2D eigenvalue weighted by Gasteiger charge is 2.11. The first-order valence-electron chi connectivity index (χ1n) is 9.68. The Hall–Kier alpha value is -3.98. The van der Waals surface area contributed by atoms with Crippen LogP contribution in [0.15, 0.2) is 83.6 Å². The number of amides is 2. The molecule has 0 saturated carbocycles. The standard InChI is InChI=1S/C23H19BrN6O2/c1-25-22-27-13-11-20(30-22)19-6-3-12-26-21(19)32-18-9-7-16(8-10-18)28-23(31)29-17-5-2-4-15(24)14-17/h2-14H,1H3,(H,25,27,30)(H2,28,29,31). The van der Waals surface area contributed by atoms with Crippen LogP contribution in [0.5, 0.6) is 11.6 Å². The lowest BCUT2D eigenvalue weighted by Crippen LogP contribution is -2.19. The highest BCUT2D eigenvalue weighted by Crippen LogP contribution is 2.31. The monoisotopic (exact) mass is 490 g/mol. The number of benzene rings is 2. The van der Waals surface area contributed by atoms with E-state index in [1.807, 2.05) is 36.4 Å². The lowest BCUT2D eigenvalue weighted by atomic mass is 10.2. The Morgan fingerprint density at radius 1 is 0.906 bits per heavy atom. The maximum absolute atomic E-state index is 12.2. The molecule has 2 aromatic heterocycles. The number of pyridine rings is 1. The molecule has 4 rings (SSSR count). The number of nitrogens with one attached hydrogen (secondary N) is 3. The molecule has 9 heteroatoms. The molecule has 2 amide bonds. The van der Waals surface area contributed by atoms with Crippen molar-refractivity contribution in [2.75, 3.05) is 23.0 Å². The fraction of sp³-hybridized carbons (Fsp3) is 0.0435. The fourth-order valence-corrected chi connectivity index (χ4v) is 3.27. The summed E-state index contributed by atoms with van der Waals surface area (Å²) < 4.78 is 6.86. The summed E-state index contributed by atoms with van der Waals surface area (Å²) in [6.07, 6.45) is 3.33. The van der Waals surface area contributed by atoms with Crippen LogP contribution in [0.4, 0.5) is 22.1 Å². The van der Waals surface area contributed by atoms with Gasteiger partial charge in [0, 0.05) is 35.3 Å². The SMILES string of the molecule is CNc1nccc(-c2cccnc2Oc2ccc(NC(=O)Nc3cccc(Br)c3)cc2)n1. The van der Waals surface area contributed by atoms with E-state index >= 15 is 0 Å². The van der Waals surface area contributed by atoms with Gasteiger partial charge in [-0.1, -0.05) is 22.0 Å². The molecule has 0 unspecified atom stereocenters. The quantitative estimate of drug-likeness (QED) is 0.316. The molecule has 0 saturated heterocycles. The molecule has 0 aliphatic rings. The molecule has 0 atom stereocenters. The van der Waals surface area contributed by atoms with Crippen LogP contribution in [0.1, 0.15) is 0 Å². The lowest BCUT2D eigenvalue weighted by Gasteiger charge is -2.11. The Bertz CT molecular complexity index is 1230. The highest BCUT2D eigenvalue weighted by atomic mass is 79.9. The van der Waals surface area contributed by atoms with Gasteiger partial charge >= 0.3 is 6.03 Å². The Morgan fingerprint density at radius 3 is 2.50 bits per heavy atom. The first kappa shape index (κ1) is 21.3. The van der Waals surface area contributed by atoms with Crippen LogP contribution in [0, 0.1) is 0 Å². The number of urea groups is 1. The van der Waals surface area contributed by atoms with Crippen LogP contribution in [-0.2, 0) is 0 Å². The van der Waals surface area contributed by atoms with Crippen LogP contribution in [-0.4, -0.2) is 28.0 Å². The zero-order valence-corrected chi connectivity index (χ0v) is 18.6. The van der Waals surface area contributed by atoms with Crippen molar-refractivity contribution in [3.8, 4) is 22.9 Å². The van der Waals surface area contributed by atoms with Crippen LogP contribution in [0.2, 0.25) is 0 Å². The van der Waals surface area contributed by atoms with E-state index in [1.165, 1.54) is 0 Å². The van der Waals surface area contributed by atoms with Gasteiger partial charge in [0.05, 0.1) is 11.3 Å². The first-order valence-corrected chi connectivity index (χ1v) is 10.5. The zero-order valence-electron chi connectivity index (χ0n) is 17.0. The summed E-state index contributed by atoms with van der Waals surface area (Å²) >= 11 is 3.38. The van der Waals surface area contributed by atoms with Crippen LogP contribution < -0.4 is 20.7 Å². The van der Waals surface area contributed by atoms with Crippen molar-refractivity contribution < 1.29 is 9.53 Å². The Balaban J connectivity index is 1.45. The van der Waals surface area contributed by atoms with E-state index < -0.39 is 0 Å². The van der Waals surface area contributed by atoms with Crippen LogP contribution >= 0.6 is 15.9 Å². The number of rotatable bonds is 6. The van der Waals surface area contributed by atoms with Crippen LogP contribution in [0.25, 0.3) is 11.3 Å². The van der Waals surface area contributed by atoms with Gasteiger partial charge in [-0.05, 0) is 60.7 Å². The van der Waals surface area contributed by atoms with Crippen molar-refractivity contribution in [1.82, 2.24) is 15.0 Å². The molecular weight excluding hydrogens is 472 g/mol. The number of nitrogens with zero attached hydrogens (tertiary/aromatic N) is 3. The van der Waals surface area contributed by atoms with Gasteiger partial charge in [-0.3, -0.25) is 0 Å². The zero-order chi connectivity index (χ0) is 22.3. The normalized spacial score (nSPS) is 10.3. The number of ether oxygens (including phenoxy) is 1. The van der Waals surface area contributed by atoms with Gasteiger partial charge in [0.1, 0.15) is 5.75 Å². The third-order valence-corrected chi connectivity index (χ3v) is 4.83. The second-order valence-electron chi connectivity index (χ2n) is 6.59. The van der Waals surface area contributed by atoms with E-state index in [0.29, 0.717) is 34.6 Å². The summed E-state index contributed by atoms with van der Waals surface area (Å²) in [4.78, 5) is 25.2. The predicted octanol–water partition coefficient (Wildman–Crippen LogP) is 5.78. The van der Waals surface area contributed by atoms with Gasteiger partial charge in [-0.15, -0.1) is 0 Å². The van der Waals surface area contributed by atoms with Crippen molar-refractivity contribution in [3.63, 3.8) is 0 Å². The number of halogens is 1. The van der Waals surface area contributed by atoms with Gasteiger partial charge in [0.15, 0.2) is 0 Å². The fourth-order valence-electron chi connectivity index (χ4n) is 2.87. The Kier molecular flexibility index (Phi) is 6.57. The van der Waals surface area contributed by atoms with E-state index in [4.69, 9.17) is 4.74 Å². The first-order chi connectivity index (χ1) is 15.6. The summed E-state index contributed by atoms with van der Waals surface area (Å²) in [5.41, 5.74) is 2.74. The van der Waals surface area contributed by atoms with E-state index in [0.717, 1.165) is 10.0 Å². The van der Waals surface area contributed by atoms with Crippen molar-refractivity contribution in [3.05, 3.63) is 83.6 Å². The average molecular weight is 491 g/mol. The number of hydrogen-bond donors (Lipinski definition) is 3. The van der Waals surface area contributed by atoms with E-state index in [9.17, 15) is 4.79 Å². The van der Waals surface area contributed by atoms with Crippen molar-refractivity contribution in [2.24, 2.45) is 0 Å². The Morgan fingerprint density at radius 2 is 1.72 bits per heavy atom. The van der Waals surface area contributed by atoms with Gasteiger partial charge in [-0.25, -0.2) is 19.7 Å². The molecule has 160 valence electrons. The molecule has 2 heterocycles. The third-order valence-electron chi connectivity index (χ3n) is 4.34. The number of carbonyl (C=O) groups is 1. The maximum Gasteiger partial charge on any atom is 0.323 e. The highest BCUT2D eigenvalue weighted by molar-refractivity contribution is 9.10. The summed E-state index contributed by atoms with van der Waals surface area (Å²) in [5.74, 6) is 1.50. The van der Waals surface area contributed by atoms with Gasteiger partial charge < -0.3 is 20.7 Å². The van der Waals surface area contributed by atoms with Crippen LogP contribution in [0.3, 0.4) is 0 Å². The molecular formula is C23H19BrN6O2. The Labute approximate surface area is 193 Å². The molecule has 0 aliphatic carbocycles. The number of aromatic nitrogens is 3. The molecule has 0 spiro atoms. The van der Waals surface area contributed by atoms with E-state index in [-0.39, 0.29) is 6.03 Å². The third kappa shape index (κ3) is 5.38. The molecule has 3 N–H and O–H groups in total. The number of hydrogen-bond acceptors (Lipinski definition) is 6. The predicted molar refractivity (Wildman–Crippen MR) is 128 cm³/mol. The molecule has 4 aromatic rings. The second-order valence-corrected chi connectivity index (χ2v) is 7.50. The van der Waals surface area contributed by atoms with Gasteiger partial charge in [0.25, 0.3) is 0 Å². The van der Waals surface area contributed by atoms with E-state index in [2.05, 4.69) is 46.8 Å². The van der Waals surface area contributed by atoms with Gasteiger partial charge in [0.2, 0.25) is 11.8 Å². The van der Waals surface area contributed by atoms with Crippen molar-refractivity contribution >= 4 is 39.3 Å². The minimum absolute atomic E-state index is 0.340. The minimum atomic E-state index is -0.340. The number of carbonyl (C=O) groups excluding carboxylic acids is 1. The summed E-state index contributed by atoms with van der Waals surface area (Å²) in [6, 6.07) is 19.5.